The van der Waals surface area contributed by atoms with E-state index < -0.39 is 0 Å². The highest BCUT2D eigenvalue weighted by atomic mass is 16.6. The number of aryl methyl sites for hydroxylation is 1. The fraction of sp³-hybridized carbons (Fsp3) is 0.450. The van der Waals surface area contributed by atoms with Crippen molar-refractivity contribution in [1.82, 2.24) is 14.4 Å². The molecule has 150 valence electrons. The Morgan fingerprint density at radius 1 is 1.04 bits per heavy atom. The second-order valence-electron chi connectivity index (χ2n) is 6.57. The minimum absolute atomic E-state index is 0.119. The van der Waals surface area contributed by atoms with E-state index in [9.17, 15) is 14.4 Å². The molecule has 8 heteroatoms. The smallest absolute Gasteiger partial charge is 0.409 e. The maximum atomic E-state index is 13.0. The lowest BCUT2D eigenvalue weighted by molar-refractivity contribution is 0.0569. The lowest BCUT2D eigenvalue weighted by Crippen LogP contribution is -2.51. The first-order valence-electron chi connectivity index (χ1n) is 9.43. The standard InChI is InChI=1S/C20H25N3O5/c1-4-27-14-6-7-17-15(12-14)18(24)16(13-21(17)3)19(25)22-8-10-23(11-9-22)20(26)28-5-2/h6-7,12-13H,4-5,8-11H2,1-3H3. The Balaban J connectivity index is 1.85. The van der Waals surface area contributed by atoms with Crippen LogP contribution in [0, 0.1) is 0 Å². The normalized spacial score (nSPS) is 14.2. The van der Waals surface area contributed by atoms with E-state index in [0.717, 1.165) is 5.52 Å². The predicted octanol–water partition coefficient (Wildman–Crippen LogP) is 1.85. The van der Waals surface area contributed by atoms with Gasteiger partial charge in [-0.2, -0.15) is 0 Å². The maximum absolute atomic E-state index is 13.0. The molecule has 0 radical (unpaired) electrons. The lowest BCUT2D eigenvalue weighted by atomic mass is 10.1. The molecule has 3 rings (SSSR count). The van der Waals surface area contributed by atoms with E-state index in [2.05, 4.69) is 0 Å². The first kappa shape index (κ1) is 19.7. The number of carbonyl (C=O) groups excluding carboxylic acids is 2. The van der Waals surface area contributed by atoms with Gasteiger partial charge < -0.3 is 23.8 Å². The van der Waals surface area contributed by atoms with Gasteiger partial charge in [0.05, 0.1) is 24.1 Å². The van der Waals surface area contributed by atoms with Crippen LogP contribution in [-0.4, -0.2) is 65.8 Å². The predicted molar refractivity (Wildman–Crippen MR) is 105 cm³/mol. The van der Waals surface area contributed by atoms with Crippen LogP contribution >= 0.6 is 0 Å². The largest absolute Gasteiger partial charge is 0.494 e. The summed E-state index contributed by atoms with van der Waals surface area (Å²) < 4.78 is 12.3. The van der Waals surface area contributed by atoms with Crippen molar-refractivity contribution in [3.63, 3.8) is 0 Å². The molecule has 1 saturated heterocycles. The minimum Gasteiger partial charge on any atom is -0.494 e. The van der Waals surface area contributed by atoms with Gasteiger partial charge in [-0.25, -0.2) is 4.79 Å². The van der Waals surface area contributed by atoms with Gasteiger partial charge in [0.15, 0.2) is 0 Å². The van der Waals surface area contributed by atoms with Crippen molar-refractivity contribution >= 4 is 22.9 Å². The monoisotopic (exact) mass is 387 g/mol. The second-order valence-corrected chi connectivity index (χ2v) is 6.57. The molecule has 0 N–H and O–H groups in total. The number of nitrogens with zero attached hydrogens (tertiary/aromatic N) is 3. The third kappa shape index (κ3) is 3.81. The zero-order valence-corrected chi connectivity index (χ0v) is 16.4. The summed E-state index contributed by atoms with van der Waals surface area (Å²) >= 11 is 0. The Morgan fingerprint density at radius 3 is 2.36 bits per heavy atom. The number of piperazine rings is 1. The highest BCUT2D eigenvalue weighted by molar-refractivity contribution is 5.97. The molecule has 28 heavy (non-hydrogen) atoms. The molecule has 0 saturated carbocycles. The number of rotatable bonds is 4. The van der Waals surface area contributed by atoms with E-state index >= 15 is 0 Å². The molecule has 8 nitrogen and oxygen atoms in total. The summed E-state index contributed by atoms with van der Waals surface area (Å²) in [6, 6.07) is 5.30. The summed E-state index contributed by atoms with van der Waals surface area (Å²) in [6.45, 7) is 5.92. The lowest BCUT2D eigenvalue weighted by Gasteiger charge is -2.34. The number of ether oxygens (including phenoxy) is 2. The number of amides is 2. The average molecular weight is 387 g/mol. The Labute approximate surface area is 163 Å². The van der Waals surface area contributed by atoms with E-state index in [-0.39, 0.29) is 23.0 Å². The highest BCUT2D eigenvalue weighted by Gasteiger charge is 2.27. The van der Waals surface area contributed by atoms with Crippen LogP contribution in [0.4, 0.5) is 4.79 Å². The number of hydrogen-bond acceptors (Lipinski definition) is 5. The van der Waals surface area contributed by atoms with Crippen LogP contribution in [0.2, 0.25) is 0 Å². The minimum atomic E-state index is -0.375. The maximum Gasteiger partial charge on any atom is 0.409 e. The van der Waals surface area contributed by atoms with E-state index in [1.165, 1.54) is 0 Å². The zero-order valence-electron chi connectivity index (χ0n) is 16.4. The number of fused-ring (bicyclic) bond motifs is 1. The van der Waals surface area contributed by atoms with Gasteiger partial charge >= 0.3 is 6.09 Å². The van der Waals surface area contributed by atoms with Crippen LogP contribution in [0.1, 0.15) is 24.2 Å². The summed E-state index contributed by atoms with van der Waals surface area (Å²) in [5, 5.41) is 0.449. The molecule has 0 aliphatic carbocycles. The van der Waals surface area contributed by atoms with Crippen molar-refractivity contribution in [3.8, 4) is 5.75 Å². The molecule has 1 aromatic carbocycles. The number of benzene rings is 1. The molecule has 2 aromatic rings. The third-order valence-corrected chi connectivity index (χ3v) is 4.79. The molecule has 2 heterocycles. The molecule has 0 bridgehead atoms. The number of pyridine rings is 1. The van der Waals surface area contributed by atoms with Gasteiger partial charge in [-0.3, -0.25) is 9.59 Å². The summed E-state index contributed by atoms with van der Waals surface area (Å²) in [7, 11) is 1.80. The van der Waals surface area contributed by atoms with E-state index in [1.807, 2.05) is 13.0 Å². The van der Waals surface area contributed by atoms with Crippen LogP contribution in [0.25, 0.3) is 10.9 Å². The second kappa shape index (κ2) is 8.33. The molecular weight excluding hydrogens is 362 g/mol. The Kier molecular flexibility index (Phi) is 5.87. The number of hydrogen-bond donors (Lipinski definition) is 0. The van der Waals surface area contributed by atoms with Gasteiger partial charge in [-0.05, 0) is 32.0 Å². The average Bonchev–Trinajstić information content (AvgIpc) is 2.70. The van der Waals surface area contributed by atoms with Crippen molar-refractivity contribution in [1.29, 1.82) is 0 Å². The van der Waals surface area contributed by atoms with Gasteiger partial charge in [0, 0.05) is 39.4 Å². The first-order valence-corrected chi connectivity index (χ1v) is 9.43. The fourth-order valence-electron chi connectivity index (χ4n) is 3.36. The quantitative estimate of drug-likeness (QED) is 0.800. The molecule has 1 fully saturated rings. The van der Waals surface area contributed by atoms with Crippen LogP contribution in [0.5, 0.6) is 5.75 Å². The van der Waals surface area contributed by atoms with Crippen molar-refractivity contribution in [2.24, 2.45) is 7.05 Å². The van der Waals surface area contributed by atoms with Gasteiger partial charge in [0.1, 0.15) is 11.3 Å². The molecule has 0 spiro atoms. The molecule has 1 aromatic heterocycles. The molecule has 0 unspecified atom stereocenters. The summed E-state index contributed by atoms with van der Waals surface area (Å²) in [4.78, 5) is 40.9. The number of aromatic nitrogens is 1. The van der Waals surface area contributed by atoms with E-state index in [0.29, 0.717) is 50.5 Å². The third-order valence-electron chi connectivity index (χ3n) is 4.79. The van der Waals surface area contributed by atoms with Crippen molar-refractivity contribution in [2.75, 3.05) is 39.4 Å². The van der Waals surface area contributed by atoms with Crippen LogP contribution in [0.15, 0.2) is 29.2 Å². The van der Waals surface area contributed by atoms with Gasteiger partial charge in [0.25, 0.3) is 5.91 Å². The summed E-state index contributed by atoms with van der Waals surface area (Å²) in [5.41, 5.74) is 0.540. The molecule has 0 atom stereocenters. The summed E-state index contributed by atoms with van der Waals surface area (Å²) in [5.74, 6) is 0.271. The first-order chi connectivity index (χ1) is 13.5. The molecule has 1 aliphatic heterocycles. The Morgan fingerprint density at radius 2 is 1.71 bits per heavy atom. The van der Waals surface area contributed by atoms with Crippen molar-refractivity contribution in [2.45, 2.75) is 13.8 Å². The zero-order chi connectivity index (χ0) is 20.3. The Bertz CT molecular complexity index is 945. The van der Waals surface area contributed by atoms with Crippen LogP contribution < -0.4 is 10.2 Å². The SMILES string of the molecule is CCOC(=O)N1CCN(C(=O)c2cn(C)c3ccc(OCC)cc3c2=O)CC1. The van der Waals surface area contributed by atoms with Gasteiger partial charge in [-0.1, -0.05) is 0 Å². The van der Waals surface area contributed by atoms with Gasteiger partial charge in [0.2, 0.25) is 5.43 Å². The van der Waals surface area contributed by atoms with Gasteiger partial charge in [-0.15, -0.1) is 0 Å². The van der Waals surface area contributed by atoms with Crippen LogP contribution in [-0.2, 0) is 11.8 Å². The van der Waals surface area contributed by atoms with Crippen molar-refractivity contribution < 1.29 is 19.1 Å². The van der Waals surface area contributed by atoms with Crippen LogP contribution in [0.3, 0.4) is 0 Å². The summed E-state index contributed by atoms with van der Waals surface area (Å²) in [6.07, 6.45) is 1.20. The molecule has 1 aliphatic rings. The van der Waals surface area contributed by atoms with E-state index in [1.54, 1.807) is 46.7 Å². The highest BCUT2D eigenvalue weighted by Crippen LogP contribution is 2.19. The van der Waals surface area contributed by atoms with Crippen molar-refractivity contribution in [3.05, 3.63) is 40.2 Å². The topological polar surface area (TPSA) is 81.1 Å². The molecular formula is C20H25N3O5. The fourth-order valence-corrected chi connectivity index (χ4v) is 3.36. The van der Waals surface area contributed by atoms with E-state index in [4.69, 9.17) is 9.47 Å². The molecule has 2 amide bonds. The number of carbonyl (C=O) groups is 2. The Hall–Kier alpha value is -3.03.